The first-order valence-corrected chi connectivity index (χ1v) is 8.41. The van der Waals surface area contributed by atoms with Gasteiger partial charge in [0, 0.05) is 24.3 Å². The Kier molecular flexibility index (Phi) is 4.43. The van der Waals surface area contributed by atoms with Crippen molar-refractivity contribution in [1.82, 2.24) is 10.2 Å². The van der Waals surface area contributed by atoms with Crippen LogP contribution in [0, 0.1) is 17.3 Å². The van der Waals surface area contributed by atoms with Crippen molar-refractivity contribution in [3.63, 3.8) is 0 Å². The molecule has 2 atom stereocenters. The van der Waals surface area contributed by atoms with E-state index in [2.05, 4.69) is 10.6 Å². The molecule has 138 valence electrons. The summed E-state index contributed by atoms with van der Waals surface area (Å²) in [5.41, 5.74) is 0.196. The van der Waals surface area contributed by atoms with Crippen LogP contribution in [0.5, 0.6) is 0 Å². The Bertz CT molecular complexity index is 789. The van der Waals surface area contributed by atoms with Gasteiger partial charge in [-0.05, 0) is 23.6 Å². The van der Waals surface area contributed by atoms with Crippen molar-refractivity contribution in [2.75, 3.05) is 25.0 Å². The fourth-order valence-corrected chi connectivity index (χ4v) is 3.53. The maximum Gasteiger partial charge on any atom is 0.307 e. The standard InChI is InChI=1S/C18H21N3O5/c1-18(2)13(14(18)17(25)26)15(23)20-11-5-3-4-10(8-11)16(24)21-7-6-19-12(22)9-21/h3-5,8,13-14H,6-7,9H2,1-2H3,(H,19,22)(H,20,23)(H,25,26)/t13-,14-/m1/s1. The Morgan fingerprint density at radius 3 is 2.62 bits per heavy atom. The second-order valence-corrected chi connectivity index (χ2v) is 7.26. The number of carbonyl (C=O) groups excluding carboxylic acids is 3. The molecule has 1 aromatic rings. The molecule has 1 aliphatic carbocycles. The summed E-state index contributed by atoms with van der Waals surface area (Å²) in [6.07, 6.45) is 0. The van der Waals surface area contributed by atoms with E-state index >= 15 is 0 Å². The van der Waals surface area contributed by atoms with Gasteiger partial charge >= 0.3 is 5.97 Å². The topological polar surface area (TPSA) is 116 Å². The third kappa shape index (κ3) is 3.26. The molecule has 0 bridgehead atoms. The van der Waals surface area contributed by atoms with E-state index in [1.54, 1.807) is 32.0 Å². The predicted octanol–water partition coefficient (Wildman–Crippen LogP) is 0.554. The average molecular weight is 359 g/mol. The number of piperazine rings is 1. The Balaban J connectivity index is 1.70. The molecule has 26 heavy (non-hydrogen) atoms. The van der Waals surface area contributed by atoms with E-state index < -0.39 is 23.2 Å². The molecule has 0 aromatic heterocycles. The molecule has 1 aromatic carbocycles. The highest BCUT2D eigenvalue weighted by molar-refractivity contribution is 6.02. The quantitative estimate of drug-likeness (QED) is 0.726. The van der Waals surface area contributed by atoms with Crippen molar-refractivity contribution in [3.8, 4) is 0 Å². The molecule has 8 heteroatoms. The Morgan fingerprint density at radius 1 is 1.27 bits per heavy atom. The summed E-state index contributed by atoms with van der Waals surface area (Å²) in [7, 11) is 0. The molecule has 0 radical (unpaired) electrons. The number of hydrogen-bond acceptors (Lipinski definition) is 4. The van der Waals surface area contributed by atoms with Gasteiger partial charge in [0.2, 0.25) is 11.8 Å². The van der Waals surface area contributed by atoms with Gasteiger partial charge in [0.15, 0.2) is 0 Å². The molecule has 0 spiro atoms. The first-order chi connectivity index (χ1) is 12.2. The lowest BCUT2D eigenvalue weighted by molar-refractivity contribution is -0.140. The smallest absolute Gasteiger partial charge is 0.307 e. The van der Waals surface area contributed by atoms with Crippen molar-refractivity contribution in [2.24, 2.45) is 17.3 Å². The molecule has 3 amide bonds. The number of benzene rings is 1. The van der Waals surface area contributed by atoms with Gasteiger partial charge in [-0.2, -0.15) is 0 Å². The van der Waals surface area contributed by atoms with Crippen LogP contribution in [-0.2, 0) is 14.4 Å². The van der Waals surface area contributed by atoms with E-state index in [9.17, 15) is 24.3 Å². The molecule has 2 fully saturated rings. The fraction of sp³-hybridized carbons (Fsp3) is 0.444. The zero-order valence-corrected chi connectivity index (χ0v) is 14.6. The van der Waals surface area contributed by atoms with Gasteiger partial charge in [0.05, 0.1) is 18.4 Å². The minimum Gasteiger partial charge on any atom is -0.481 e. The first kappa shape index (κ1) is 17.9. The van der Waals surface area contributed by atoms with Crippen LogP contribution in [0.1, 0.15) is 24.2 Å². The first-order valence-electron chi connectivity index (χ1n) is 8.41. The number of carbonyl (C=O) groups is 4. The van der Waals surface area contributed by atoms with E-state index in [1.807, 2.05) is 0 Å². The fourth-order valence-electron chi connectivity index (χ4n) is 3.53. The molecule has 3 N–H and O–H groups in total. The highest BCUT2D eigenvalue weighted by Crippen LogP contribution is 2.58. The Labute approximate surface area is 150 Å². The lowest BCUT2D eigenvalue weighted by Gasteiger charge is -2.26. The molecular formula is C18H21N3O5. The highest BCUT2D eigenvalue weighted by Gasteiger charge is 2.65. The maximum absolute atomic E-state index is 12.5. The molecule has 3 rings (SSSR count). The summed E-state index contributed by atoms with van der Waals surface area (Å²) in [6, 6.07) is 6.44. The normalized spacial score (nSPS) is 23.8. The van der Waals surface area contributed by atoms with E-state index in [0.29, 0.717) is 24.3 Å². The summed E-state index contributed by atoms with van der Waals surface area (Å²) in [6.45, 7) is 4.34. The SMILES string of the molecule is CC1(C)[C@@H](C(=O)O)[C@@H]1C(=O)Nc1cccc(C(=O)N2CCNC(=O)C2)c1. The van der Waals surface area contributed by atoms with E-state index in [-0.39, 0.29) is 24.3 Å². The molecule has 0 unspecified atom stereocenters. The van der Waals surface area contributed by atoms with Gasteiger partial charge < -0.3 is 20.6 Å². The largest absolute Gasteiger partial charge is 0.481 e. The number of rotatable bonds is 4. The highest BCUT2D eigenvalue weighted by atomic mass is 16.4. The van der Waals surface area contributed by atoms with Crippen LogP contribution in [0.2, 0.25) is 0 Å². The van der Waals surface area contributed by atoms with Crippen LogP contribution >= 0.6 is 0 Å². The van der Waals surface area contributed by atoms with Crippen LogP contribution in [0.15, 0.2) is 24.3 Å². The van der Waals surface area contributed by atoms with Gasteiger partial charge in [-0.15, -0.1) is 0 Å². The zero-order valence-electron chi connectivity index (χ0n) is 14.6. The molecule has 1 saturated heterocycles. The summed E-state index contributed by atoms with van der Waals surface area (Å²) in [5.74, 6) is -3.16. The lowest BCUT2D eigenvalue weighted by Crippen LogP contribution is -2.49. The van der Waals surface area contributed by atoms with Crippen molar-refractivity contribution in [3.05, 3.63) is 29.8 Å². The van der Waals surface area contributed by atoms with Gasteiger partial charge in [-0.3, -0.25) is 19.2 Å². The minimum absolute atomic E-state index is 0.00593. The molecular weight excluding hydrogens is 338 g/mol. The Hall–Kier alpha value is -2.90. The van der Waals surface area contributed by atoms with E-state index in [4.69, 9.17) is 0 Å². The number of carboxylic acids is 1. The molecule has 2 aliphatic rings. The van der Waals surface area contributed by atoms with Crippen molar-refractivity contribution in [2.45, 2.75) is 13.8 Å². The molecule has 1 saturated carbocycles. The van der Waals surface area contributed by atoms with Crippen LogP contribution in [0.25, 0.3) is 0 Å². The molecule has 1 heterocycles. The second kappa shape index (κ2) is 6.44. The van der Waals surface area contributed by atoms with Crippen LogP contribution in [0.3, 0.4) is 0 Å². The van der Waals surface area contributed by atoms with Crippen LogP contribution in [0.4, 0.5) is 5.69 Å². The number of hydrogen-bond donors (Lipinski definition) is 3. The lowest BCUT2D eigenvalue weighted by atomic mass is 10.1. The maximum atomic E-state index is 12.5. The van der Waals surface area contributed by atoms with E-state index in [0.717, 1.165) is 0 Å². The third-order valence-electron chi connectivity index (χ3n) is 5.08. The summed E-state index contributed by atoms with van der Waals surface area (Å²) in [4.78, 5) is 49.1. The summed E-state index contributed by atoms with van der Waals surface area (Å²) >= 11 is 0. The monoisotopic (exact) mass is 359 g/mol. The van der Waals surface area contributed by atoms with Gasteiger partial charge in [0.1, 0.15) is 0 Å². The van der Waals surface area contributed by atoms with Crippen molar-refractivity contribution in [1.29, 1.82) is 0 Å². The summed E-state index contributed by atoms with van der Waals surface area (Å²) < 4.78 is 0. The molecule has 1 aliphatic heterocycles. The number of anilines is 1. The third-order valence-corrected chi connectivity index (χ3v) is 5.08. The van der Waals surface area contributed by atoms with Gasteiger partial charge in [-0.1, -0.05) is 19.9 Å². The number of nitrogens with one attached hydrogen (secondary N) is 2. The van der Waals surface area contributed by atoms with Crippen molar-refractivity contribution >= 4 is 29.4 Å². The number of carboxylic acid groups (broad SMARTS) is 1. The average Bonchev–Trinajstić information content (AvgIpc) is 3.17. The van der Waals surface area contributed by atoms with Crippen LogP contribution < -0.4 is 10.6 Å². The Morgan fingerprint density at radius 2 is 2.00 bits per heavy atom. The summed E-state index contributed by atoms with van der Waals surface area (Å²) in [5, 5.41) is 14.6. The van der Waals surface area contributed by atoms with Crippen LogP contribution in [-0.4, -0.2) is 53.3 Å². The number of amides is 3. The number of nitrogens with zero attached hydrogens (tertiary/aromatic N) is 1. The van der Waals surface area contributed by atoms with Gasteiger partial charge in [0.25, 0.3) is 5.91 Å². The molecule has 8 nitrogen and oxygen atoms in total. The van der Waals surface area contributed by atoms with E-state index in [1.165, 1.54) is 11.0 Å². The predicted molar refractivity (Wildman–Crippen MR) is 92.4 cm³/mol. The zero-order chi connectivity index (χ0) is 19.1. The minimum atomic E-state index is -0.984. The van der Waals surface area contributed by atoms with Gasteiger partial charge in [-0.25, -0.2) is 0 Å². The van der Waals surface area contributed by atoms with Crippen molar-refractivity contribution < 1.29 is 24.3 Å². The second-order valence-electron chi connectivity index (χ2n) is 7.26. The number of aliphatic carboxylic acids is 1.